The molecule has 0 aliphatic carbocycles. The van der Waals surface area contributed by atoms with Gasteiger partial charge in [-0.15, -0.1) is 0 Å². The van der Waals surface area contributed by atoms with E-state index in [1.807, 2.05) is 24.3 Å². The van der Waals surface area contributed by atoms with Gasteiger partial charge >= 0.3 is 12.0 Å². The van der Waals surface area contributed by atoms with Gasteiger partial charge in [0.2, 0.25) is 0 Å². The Morgan fingerprint density at radius 1 is 1.29 bits per heavy atom. The predicted octanol–water partition coefficient (Wildman–Crippen LogP) is 2.39. The molecule has 0 aromatic heterocycles. The summed E-state index contributed by atoms with van der Waals surface area (Å²) < 4.78 is 4.83. The first-order valence-corrected chi connectivity index (χ1v) is 6.81. The van der Waals surface area contributed by atoms with Gasteiger partial charge in [-0.3, -0.25) is 4.79 Å². The average Bonchev–Trinajstić information content (AvgIpc) is 2.48. The largest absolute Gasteiger partial charge is 0.466 e. The van der Waals surface area contributed by atoms with Crippen molar-refractivity contribution in [2.75, 3.05) is 25.0 Å². The van der Waals surface area contributed by atoms with Crippen LogP contribution in [-0.2, 0) is 9.53 Å². The molecule has 112 valence electrons. The third kappa shape index (κ3) is 6.43. The Hall–Kier alpha value is -2.55. The summed E-state index contributed by atoms with van der Waals surface area (Å²) in [7, 11) is 0. The molecule has 1 aromatic carbocycles. The molecule has 0 saturated heterocycles. The maximum absolute atomic E-state index is 12.1. The summed E-state index contributed by atoms with van der Waals surface area (Å²) in [6.07, 6.45) is 0.326. The maximum atomic E-state index is 12.1. The molecule has 6 heteroatoms. The highest BCUT2D eigenvalue weighted by Gasteiger charge is 2.15. The first kappa shape index (κ1) is 16.5. The number of nitrogens with zero attached hydrogens (tertiary/aromatic N) is 2. The fourth-order valence-corrected chi connectivity index (χ4v) is 1.68. The van der Waals surface area contributed by atoms with Gasteiger partial charge in [-0.2, -0.15) is 5.26 Å². The van der Waals surface area contributed by atoms with Crippen LogP contribution in [0.15, 0.2) is 30.3 Å². The topological polar surface area (TPSA) is 82.4 Å². The summed E-state index contributed by atoms with van der Waals surface area (Å²) in [6, 6.07) is 10.7. The minimum atomic E-state index is -0.355. The number of esters is 1. The van der Waals surface area contributed by atoms with E-state index in [-0.39, 0.29) is 37.9 Å². The van der Waals surface area contributed by atoms with Crippen LogP contribution in [-0.4, -0.2) is 36.6 Å². The minimum Gasteiger partial charge on any atom is -0.466 e. The van der Waals surface area contributed by atoms with Crippen LogP contribution in [0.4, 0.5) is 10.5 Å². The zero-order chi connectivity index (χ0) is 15.5. The molecule has 0 fully saturated rings. The Kier molecular flexibility index (Phi) is 7.36. The molecule has 1 rings (SSSR count). The molecule has 1 N–H and O–H groups in total. The molecule has 0 saturated carbocycles. The molecule has 6 nitrogen and oxygen atoms in total. The van der Waals surface area contributed by atoms with Crippen molar-refractivity contribution in [3.05, 3.63) is 30.3 Å². The van der Waals surface area contributed by atoms with Gasteiger partial charge in [-0.05, 0) is 19.1 Å². The molecule has 0 aliphatic heterocycles. The van der Waals surface area contributed by atoms with Crippen molar-refractivity contribution >= 4 is 17.7 Å². The fourth-order valence-electron chi connectivity index (χ4n) is 1.68. The molecular weight excluding hydrogens is 270 g/mol. The average molecular weight is 289 g/mol. The second-order valence-electron chi connectivity index (χ2n) is 4.25. The Morgan fingerprint density at radius 2 is 2.00 bits per heavy atom. The van der Waals surface area contributed by atoms with Crippen molar-refractivity contribution in [3.8, 4) is 6.07 Å². The molecule has 0 bridgehead atoms. The van der Waals surface area contributed by atoms with Crippen LogP contribution in [0.5, 0.6) is 0 Å². The van der Waals surface area contributed by atoms with Gasteiger partial charge in [0, 0.05) is 18.8 Å². The van der Waals surface area contributed by atoms with Crippen molar-refractivity contribution in [3.63, 3.8) is 0 Å². The number of urea groups is 1. The van der Waals surface area contributed by atoms with Crippen LogP contribution in [0.3, 0.4) is 0 Å². The summed E-state index contributed by atoms with van der Waals surface area (Å²) >= 11 is 0. The van der Waals surface area contributed by atoms with Gasteiger partial charge in [0.05, 0.1) is 25.5 Å². The number of hydrogen-bond donors (Lipinski definition) is 1. The molecule has 0 aliphatic rings. The van der Waals surface area contributed by atoms with Crippen molar-refractivity contribution < 1.29 is 14.3 Å². The summed E-state index contributed by atoms with van der Waals surface area (Å²) in [5.41, 5.74) is 0.667. The van der Waals surface area contributed by atoms with Gasteiger partial charge in [-0.25, -0.2) is 4.79 Å². The van der Waals surface area contributed by atoms with Gasteiger partial charge in [0.15, 0.2) is 0 Å². The number of carbonyl (C=O) groups is 2. The third-order valence-corrected chi connectivity index (χ3v) is 2.70. The Bertz CT molecular complexity index is 497. The normalized spacial score (nSPS) is 9.52. The van der Waals surface area contributed by atoms with E-state index >= 15 is 0 Å². The molecular formula is C15H19N3O3. The highest BCUT2D eigenvalue weighted by Crippen LogP contribution is 2.07. The first-order chi connectivity index (χ1) is 10.2. The predicted molar refractivity (Wildman–Crippen MR) is 78.5 cm³/mol. The van der Waals surface area contributed by atoms with E-state index in [1.165, 1.54) is 4.90 Å². The maximum Gasteiger partial charge on any atom is 0.321 e. The number of nitriles is 1. The van der Waals surface area contributed by atoms with Crippen molar-refractivity contribution in [1.29, 1.82) is 5.26 Å². The zero-order valence-corrected chi connectivity index (χ0v) is 12.0. The third-order valence-electron chi connectivity index (χ3n) is 2.70. The Morgan fingerprint density at radius 3 is 2.62 bits per heavy atom. The van der Waals surface area contributed by atoms with E-state index < -0.39 is 0 Å². The van der Waals surface area contributed by atoms with E-state index in [0.29, 0.717) is 12.3 Å². The lowest BCUT2D eigenvalue weighted by Gasteiger charge is -2.21. The van der Waals surface area contributed by atoms with Gasteiger partial charge in [0.1, 0.15) is 0 Å². The number of nitrogens with one attached hydrogen (secondary N) is 1. The fraction of sp³-hybridized carbons (Fsp3) is 0.400. The Labute approximate surface area is 124 Å². The minimum absolute atomic E-state index is 0.113. The molecule has 0 heterocycles. The second kappa shape index (κ2) is 9.37. The van der Waals surface area contributed by atoms with E-state index in [1.54, 1.807) is 19.1 Å². The van der Waals surface area contributed by atoms with Crippen LogP contribution < -0.4 is 5.32 Å². The van der Waals surface area contributed by atoms with Crippen LogP contribution in [0, 0.1) is 11.3 Å². The molecule has 0 spiro atoms. The van der Waals surface area contributed by atoms with Crippen LogP contribution >= 0.6 is 0 Å². The highest BCUT2D eigenvalue weighted by molar-refractivity contribution is 5.89. The lowest BCUT2D eigenvalue weighted by Crippen LogP contribution is -2.37. The summed E-state index contributed by atoms with van der Waals surface area (Å²) in [6.45, 7) is 2.54. The number of benzene rings is 1. The molecule has 1 aromatic rings. The highest BCUT2D eigenvalue weighted by atomic mass is 16.5. The Balaban J connectivity index is 2.57. The van der Waals surface area contributed by atoms with Crippen LogP contribution in [0.1, 0.15) is 19.8 Å². The summed E-state index contributed by atoms with van der Waals surface area (Å²) in [4.78, 5) is 24.9. The second-order valence-corrected chi connectivity index (χ2v) is 4.25. The monoisotopic (exact) mass is 289 g/mol. The van der Waals surface area contributed by atoms with E-state index in [4.69, 9.17) is 10.00 Å². The van der Waals surface area contributed by atoms with E-state index in [2.05, 4.69) is 5.32 Å². The lowest BCUT2D eigenvalue weighted by molar-refractivity contribution is -0.143. The number of rotatable bonds is 7. The van der Waals surface area contributed by atoms with Gasteiger partial charge in [-0.1, -0.05) is 18.2 Å². The molecule has 0 unspecified atom stereocenters. The van der Waals surface area contributed by atoms with Crippen LogP contribution in [0.2, 0.25) is 0 Å². The standard InChI is InChI=1S/C15H19N3O3/c1-2-21-14(19)9-12-18(11-6-10-16)15(20)17-13-7-4-3-5-8-13/h3-5,7-8H,2,6,9,11-12H2,1H3,(H,17,20). The summed E-state index contributed by atoms with van der Waals surface area (Å²) in [5, 5.41) is 11.4. The van der Waals surface area contributed by atoms with Crippen molar-refractivity contribution in [2.45, 2.75) is 19.8 Å². The van der Waals surface area contributed by atoms with E-state index in [0.717, 1.165) is 0 Å². The number of ether oxygens (including phenoxy) is 1. The first-order valence-electron chi connectivity index (χ1n) is 6.81. The van der Waals surface area contributed by atoms with Crippen LogP contribution in [0.25, 0.3) is 0 Å². The molecule has 0 radical (unpaired) electrons. The van der Waals surface area contributed by atoms with Gasteiger partial charge in [0.25, 0.3) is 0 Å². The number of para-hydroxylation sites is 1. The van der Waals surface area contributed by atoms with Crippen molar-refractivity contribution in [1.82, 2.24) is 4.90 Å². The summed E-state index contributed by atoms with van der Waals surface area (Å²) in [5.74, 6) is -0.355. The number of amides is 2. The molecule has 2 amide bonds. The molecule has 0 atom stereocenters. The smallest absolute Gasteiger partial charge is 0.321 e. The quantitative estimate of drug-likeness (QED) is 0.781. The van der Waals surface area contributed by atoms with Gasteiger partial charge < -0.3 is 15.0 Å². The van der Waals surface area contributed by atoms with E-state index in [9.17, 15) is 9.59 Å². The van der Waals surface area contributed by atoms with Crippen molar-refractivity contribution in [2.24, 2.45) is 0 Å². The number of carbonyl (C=O) groups excluding carboxylic acids is 2. The SMILES string of the molecule is CCOC(=O)CCN(CCC#N)C(=O)Nc1ccccc1. The number of anilines is 1. The number of hydrogen-bond acceptors (Lipinski definition) is 4. The zero-order valence-electron chi connectivity index (χ0n) is 12.0. The lowest BCUT2D eigenvalue weighted by atomic mass is 10.3. The molecule has 21 heavy (non-hydrogen) atoms.